The Bertz CT molecular complexity index is 192. The van der Waals surface area contributed by atoms with Crippen LogP contribution in [-0.4, -0.2) is 5.66 Å². The maximum atomic E-state index is 6.06. The Labute approximate surface area is 109 Å². The molecule has 0 aliphatic carbocycles. The van der Waals surface area contributed by atoms with Gasteiger partial charge in [0.05, 0.1) is 5.66 Å². The molecule has 104 valence electrons. The highest BCUT2D eigenvalue weighted by Gasteiger charge is 2.38. The van der Waals surface area contributed by atoms with Crippen molar-refractivity contribution in [3.05, 3.63) is 0 Å². The molecule has 0 bridgehead atoms. The minimum atomic E-state index is -0.589. The summed E-state index contributed by atoms with van der Waals surface area (Å²) >= 11 is 0. The summed E-state index contributed by atoms with van der Waals surface area (Å²) in [6.07, 6.45) is 9.37. The van der Waals surface area contributed by atoms with Gasteiger partial charge >= 0.3 is 0 Å². The molecule has 0 aromatic rings. The maximum absolute atomic E-state index is 6.06. The lowest BCUT2D eigenvalue weighted by Gasteiger charge is -2.43. The summed E-state index contributed by atoms with van der Waals surface area (Å²) in [6, 6.07) is 0. The van der Waals surface area contributed by atoms with Crippen molar-refractivity contribution in [2.75, 3.05) is 0 Å². The summed E-state index contributed by atoms with van der Waals surface area (Å²) in [5.41, 5.74) is 11.5. The van der Waals surface area contributed by atoms with E-state index in [0.717, 1.165) is 0 Å². The molecule has 0 fully saturated rings. The maximum Gasteiger partial charge on any atom is 0.0662 e. The number of unbranched alkanes of at least 4 members (excludes halogenated alkanes) is 5. The third kappa shape index (κ3) is 5.87. The number of nitrogens with two attached hydrogens (primary N) is 2. The Morgan fingerprint density at radius 2 is 1.35 bits per heavy atom. The zero-order valence-electron chi connectivity index (χ0n) is 12.7. The molecule has 0 saturated carbocycles. The standard InChI is InChI=1S/C15H34N2/c1-6-7-8-9-10-11-12-13(2)14(3,4)15(5,16)17/h13H,6-12,16-17H2,1-5H3. The van der Waals surface area contributed by atoms with E-state index in [1.807, 2.05) is 6.92 Å². The van der Waals surface area contributed by atoms with Gasteiger partial charge in [-0.1, -0.05) is 72.6 Å². The van der Waals surface area contributed by atoms with E-state index in [1.165, 1.54) is 44.9 Å². The minimum Gasteiger partial charge on any atom is -0.313 e. The molecule has 0 aliphatic heterocycles. The third-order valence-electron chi connectivity index (χ3n) is 4.61. The Morgan fingerprint density at radius 1 is 0.882 bits per heavy atom. The van der Waals surface area contributed by atoms with Crippen LogP contribution in [0.1, 0.15) is 79.6 Å². The highest BCUT2D eigenvalue weighted by Crippen LogP contribution is 2.36. The van der Waals surface area contributed by atoms with Gasteiger partial charge in [-0.2, -0.15) is 0 Å². The van der Waals surface area contributed by atoms with E-state index in [9.17, 15) is 0 Å². The Balaban J connectivity index is 3.82. The van der Waals surface area contributed by atoms with Crippen LogP contribution in [-0.2, 0) is 0 Å². The average Bonchev–Trinajstić information content (AvgIpc) is 2.21. The SMILES string of the molecule is CCCCCCCCC(C)C(C)(C)C(C)(N)N. The lowest BCUT2D eigenvalue weighted by Crippen LogP contribution is -2.60. The molecule has 0 heterocycles. The van der Waals surface area contributed by atoms with Crippen molar-refractivity contribution in [1.29, 1.82) is 0 Å². The normalized spacial score (nSPS) is 15.0. The zero-order chi connectivity index (χ0) is 13.5. The lowest BCUT2D eigenvalue weighted by molar-refractivity contribution is 0.102. The summed E-state index contributed by atoms with van der Waals surface area (Å²) in [5.74, 6) is 0.577. The van der Waals surface area contributed by atoms with Gasteiger partial charge in [-0.15, -0.1) is 0 Å². The highest BCUT2D eigenvalue weighted by atomic mass is 15.0. The second-order valence-corrected chi connectivity index (χ2v) is 6.46. The first-order chi connectivity index (χ1) is 7.73. The van der Waals surface area contributed by atoms with Crippen molar-refractivity contribution in [1.82, 2.24) is 0 Å². The zero-order valence-corrected chi connectivity index (χ0v) is 12.7. The van der Waals surface area contributed by atoms with E-state index >= 15 is 0 Å². The molecule has 17 heavy (non-hydrogen) atoms. The van der Waals surface area contributed by atoms with Gasteiger partial charge in [-0.05, 0) is 18.3 Å². The first-order valence-electron chi connectivity index (χ1n) is 7.31. The van der Waals surface area contributed by atoms with Gasteiger partial charge in [0, 0.05) is 0 Å². The van der Waals surface area contributed by atoms with Crippen molar-refractivity contribution < 1.29 is 0 Å². The number of hydrogen-bond acceptors (Lipinski definition) is 2. The quantitative estimate of drug-likeness (QED) is 0.474. The molecular weight excluding hydrogens is 208 g/mol. The van der Waals surface area contributed by atoms with Gasteiger partial charge in [0.15, 0.2) is 0 Å². The van der Waals surface area contributed by atoms with E-state index in [4.69, 9.17) is 11.5 Å². The van der Waals surface area contributed by atoms with Gasteiger partial charge in [0.1, 0.15) is 0 Å². The van der Waals surface area contributed by atoms with Crippen molar-refractivity contribution in [2.24, 2.45) is 22.8 Å². The Hall–Kier alpha value is -0.0800. The summed E-state index contributed by atoms with van der Waals surface area (Å²) in [7, 11) is 0. The van der Waals surface area contributed by atoms with Crippen molar-refractivity contribution in [2.45, 2.75) is 85.2 Å². The summed E-state index contributed by atoms with van der Waals surface area (Å²) in [4.78, 5) is 0. The molecule has 0 spiro atoms. The number of rotatable bonds is 9. The second-order valence-electron chi connectivity index (χ2n) is 6.46. The third-order valence-corrected chi connectivity index (χ3v) is 4.61. The minimum absolute atomic E-state index is 0.00355. The molecule has 0 saturated heterocycles. The molecule has 1 unspecified atom stereocenters. The summed E-state index contributed by atoms with van der Waals surface area (Å²) in [6.45, 7) is 10.9. The molecule has 0 aromatic heterocycles. The fourth-order valence-electron chi connectivity index (χ4n) is 2.12. The first-order valence-corrected chi connectivity index (χ1v) is 7.31. The topological polar surface area (TPSA) is 52.0 Å². The van der Waals surface area contributed by atoms with Gasteiger partial charge in [-0.25, -0.2) is 0 Å². The van der Waals surface area contributed by atoms with Crippen LogP contribution in [0.2, 0.25) is 0 Å². The molecule has 0 aliphatic rings. The van der Waals surface area contributed by atoms with Crippen molar-refractivity contribution in [3.63, 3.8) is 0 Å². The van der Waals surface area contributed by atoms with E-state index in [-0.39, 0.29) is 5.41 Å². The molecule has 0 radical (unpaired) electrons. The average molecular weight is 242 g/mol. The van der Waals surface area contributed by atoms with Crippen molar-refractivity contribution >= 4 is 0 Å². The van der Waals surface area contributed by atoms with E-state index in [1.54, 1.807) is 0 Å². The molecule has 1 atom stereocenters. The van der Waals surface area contributed by atoms with Crippen LogP contribution in [0.5, 0.6) is 0 Å². The van der Waals surface area contributed by atoms with Gasteiger partial charge in [-0.3, -0.25) is 0 Å². The molecule has 0 aromatic carbocycles. The Morgan fingerprint density at radius 3 is 1.82 bits per heavy atom. The van der Waals surface area contributed by atoms with Gasteiger partial charge in [0.25, 0.3) is 0 Å². The smallest absolute Gasteiger partial charge is 0.0662 e. The monoisotopic (exact) mass is 242 g/mol. The fraction of sp³-hybridized carbons (Fsp3) is 1.00. The second kappa shape index (κ2) is 7.38. The Kier molecular flexibility index (Phi) is 7.34. The predicted molar refractivity (Wildman–Crippen MR) is 77.7 cm³/mol. The van der Waals surface area contributed by atoms with Gasteiger partial charge < -0.3 is 11.5 Å². The van der Waals surface area contributed by atoms with Gasteiger partial charge in [0.2, 0.25) is 0 Å². The van der Waals surface area contributed by atoms with Crippen LogP contribution in [0.4, 0.5) is 0 Å². The lowest BCUT2D eigenvalue weighted by atomic mass is 9.69. The fourth-order valence-corrected chi connectivity index (χ4v) is 2.12. The molecule has 4 N–H and O–H groups in total. The molecule has 2 nitrogen and oxygen atoms in total. The largest absolute Gasteiger partial charge is 0.313 e. The highest BCUT2D eigenvalue weighted by molar-refractivity contribution is 4.92. The molecule has 0 rings (SSSR count). The van der Waals surface area contributed by atoms with Crippen LogP contribution >= 0.6 is 0 Å². The van der Waals surface area contributed by atoms with Crippen LogP contribution < -0.4 is 11.5 Å². The van der Waals surface area contributed by atoms with E-state index < -0.39 is 5.66 Å². The predicted octanol–water partition coefficient (Wildman–Crippen LogP) is 4.03. The van der Waals surface area contributed by atoms with Crippen molar-refractivity contribution in [3.8, 4) is 0 Å². The van der Waals surface area contributed by atoms with E-state index in [2.05, 4.69) is 27.7 Å². The molecular formula is C15H34N2. The molecule has 2 heteroatoms. The van der Waals surface area contributed by atoms with Crippen LogP contribution in [0, 0.1) is 11.3 Å². The van der Waals surface area contributed by atoms with Crippen LogP contribution in [0.15, 0.2) is 0 Å². The molecule has 0 amide bonds. The van der Waals surface area contributed by atoms with Crippen LogP contribution in [0.3, 0.4) is 0 Å². The number of hydrogen-bond donors (Lipinski definition) is 2. The van der Waals surface area contributed by atoms with Crippen LogP contribution in [0.25, 0.3) is 0 Å². The first kappa shape index (κ1) is 16.9. The summed E-state index contributed by atoms with van der Waals surface area (Å²) in [5, 5.41) is 0. The van der Waals surface area contributed by atoms with E-state index in [0.29, 0.717) is 5.92 Å². The summed E-state index contributed by atoms with van der Waals surface area (Å²) < 4.78 is 0.